The largest absolute Gasteiger partial charge is 0.444 e. The van der Waals surface area contributed by atoms with Crippen molar-refractivity contribution in [2.24, 2.45) is 0 Å². The summed E-state index contributed by atoms with van der Waals surface area (Å²) in [5.41, 5.74) is -0.436. The van der Waals surface area contributed by atoms with Crippen LogP contribution in [0.2, 0.25) is 0 Å². The molecule has 2 fully saturated rings. The molecular formula is C16H31N3O2. The quantitative estimate of drug-likeness (QED) is 0.834. The van der Waals surface area contributed by atoms with Crippen molar-refractivity contribution in [3.8, 4) is 0 Å². The van der Waals surface area contributed by atoms with E-state index in [1.165, 1.54) is 38.8 Å². The maximum atomic E-state index is 11.7. The summed E-state index contributed by atoms with van der Waals surface area (Å²) in [5, 5.41) is 6.53. The van der Waals surface area contributed by atoms with Crippen molar-refractivity contribution in [1.29, 1.82) is 0 Å². The molecule has 3 atom stereocenters. The van der Waals surface area contributed by atoms with Crippen LogP contribution >= 0.6 is 0 Å². The number of rotatable bonds is 4. The van der Waals surface area contributed by atoms with Gasteiger partial charge in [0.1, 0.15) is 5.60 Å². The summed E-state index contributed by atoms with van der Waals surface area (Å²) in [4.78, 5) is 14.3. The number of piperidine rings is 1. The van der Waals surface area contributed by atoms with Crippen molar-refractivity contribution in [1.82, 2.24) is 15.5 Å². The molecule has 1 amide bonds. The van der Waals surface area contributed by atoms with Crippen LogP contribution < -0.4 is 10.6 Å². The zero-order valence-electron chi connectivity index (χ0n) is 13.9. The van der Waals surface area contributed by atoms with E-state index in [1.807, 2.05) is 20.8 Å². The van der Waals surface area contributed by atoms with Crippen LogP contribution in [0.4, 0.5) is 4.79 Å². The van der Waals surface area contributed by atoms with Crippen molar-refractivity contribution >= 4 is 6.09 Å². The average molecular weight is 297 g/mol. The fourth-order valence-electron chi connectivity index (χ4n) is 3.42. The Bertz CT molecular complexity index is 354. The van der Waals surface area contributed by atoms with Crippen molar-refractivity contribution in [3.05, 3.63) is 0 Å². The normalized spacial score (nSPS) is 28.0. The highest BCUT2D eigenvalue weighted by Crippen LogP contribution is 2.27. The molecule has 0 aliphatic carbocycles. The molecule has 0 radical (unpaired) electrons. The molecule has 2 aliphatic rings. The number of carbonyl (C=O) groups is 1. The molecule has 2 aliphatic heterocycles. The molecule has 2 N–H and O–H groups in total. The fourth-order valence-corrected chi connectivity index (χ4v) is 3.42. The molecule has 5 nitrogen and oxygen atoms in total. The molecule has 21 heavy (non-hydrogen) atoms. The summed E-state index contributed by atoms with van der Waals surface area (Å²) in [7, 11) is 0. The highest BCUT2D eigenvalue weighted by atomic mass is 16.6. The summed E-state index contributed by atoms with van der Waals surface area (Å²) >= 11 is 0. The molecule has 3 unspecified atom stereocenters. The van der Waals surface area contributed by atoms with Gasteiger partial charge in [0.25, 0.3) is 0 Å². The maximum Gasteiger partial charge on any atom is 0.407 e. The number of hydrogen-bond acceptors (Lipinski definition) is 4. The molecule has 5 heteroatoms. The Labute approximate surface area is 128 Å². The van der Waals surface area contributed by atoms with Gasteiger partial charge in [0.15, 0.2) is 0 Å². The molecule has 2 saturated heterocycles. The number of hydrogen-bond donors (Lipinski definition) is 2. The van der Waals surface area contributed by atoms with Gasteiger partial charge in [-0.05, 0) is 53.5 Å². The highest BCUT2D eigenvalue weighted by Gasteiger charge is 2.35. The zero-order chi connectivity index (χ0) is 15.5. The molecule has 2 rings (SSSR count). The smallest absolute Gasteiger partial charge is 0.407 e. The number of fused-ring (bicyclic) bond motifs is 1. The fraction of sp³-hybridized carbons (Fsp3) is 0.938. The van der Waals surface area contributed by atoms with E-state index in [0.29, 0.717) is 18.6 Å². The lowest BCUT2D eigenvalue weighted by Gasteiger charge is -2.33. The van der Waals surface area contributed by atoms with Crippen LogP contribution in [0.15, 0.2) is 0 Å². The van der Waals surface area contributed by atoms with E-state index in [4.69, 9.17) is 4.74 Å². The lowest BCUT2D eigenvalue weighted by Crippen LogP contribution is -2.50. The van der Waals surface area contributed by atoms with E-state index in [-0.39, 0.29) is 12.1 Å². The topological polar surface area (TPSA) is 53.6 Å². The summed E-state index contributed by atoms with van der Waals surface area (Å²) < 4.78 is 5.26. The second-order valence-electron chi connectivity index (χ2n) is 7.44. The minimum absolute atomic E-state index is 0.268. The van der Waals surface area contributed by atoms with Crippen molar-refractivity contribution in [2.45, 2.75) is 77.1 Å². The van der Waals surface area contributed by atoms with E-state index in [1.54, 1.807) is 0 Å². The molecule has 0 aromatic carbocycles. The van der Waals surface area contributed by atoms with Crippen LogP contribution in [-0.2, 0) is 4.74 Å². The molecule has 0 aromatic rings. The molecule has 122 valence electrons. The Morgan fingerprint density at radius 3 is 2.76 bits per heavy atom. The SMILES string of the molecule is CC(CNC(=O)OC(C)(C)C)NC1CCN2CCCCC12. The minimum Gasteiger partial charge on any atom is -0.444 e. The molecular weight excluding hydrogens is 266 g/mol. The third kappa shape index (κ3) is 5.15. The van der Waals surface area contributed by atoms with Crippen molar-refractivity contribution < 1.29 is 9.53 Å². The van der Waals surface area contributed by atoms with Crippen LogP contribution in [-0.4, -0.2) is 54.4 Å². The first-order valence-electron chi connectivity index (χ1n) is 8.32. The van der Waals surface area contributed by atoms with E-state index < -0.39 is 5.60 Å². The van der Waals surface area contributed by atoms with Crippen molar-refractivity contribution in [2.75, 3.05) is 19.6 Å². The minimum atomic E-state index is -0.436. The standard InChI is InChI=1S/C16H31N3O2/c1-12(11-17-15(20)21-16(2,3)4)18-13-8-10-19-9-6-5-7-14(13)19/h12-14,18H,5-11H2,1-4H3,(H,17,20). The van der Waals surface area contributed by atoms with Gasteiger partial charge in [0.05, 0.1) is 0 Å². The first kappa shape index (κ1) is 16.6. The highest BCUT2D eigenvalue weighted by molar-refractivity contribution is 5.67. The third-order valence-corrected chi connectivity index (χ3v) is 4.31. The number of nitrogens with one attached hydrogen (secondary N) is 2. The number of nitrogens with zero attached hydrogens (tertiary/aromatic N) is 1. The predicted octanol–water partition coefficient (Wildman–Crippen LogP) is 2.12. The van der Waals surface area contributed by atoms with Crippen LogP contribution in [0, 0.1) is 0 Å². The average Bonchev–Trinajstić information content (AvgIpc) is 2.78. The zero-order valence-corrected chi connectivity index (χ0v) is 13.9. The van der Waals surface area contributed by atoms with E-state index in [0.717, 1.165) is 0 Å². The lowest BCUT2D eigenvalue weighted by atomic mass is 9.98. The molecule has 2 heterocycles. The monoisotopic (exact) mass is 297 g/mol. The summed E-state index contributed by atoms with van der Waals surface area (Å²) in [6.45, 7) is 10.8. The molecule has 0 bridgehead atoms. The first-order valence-corrected chi connectivity index (χ1v) is 8.32. The number of alkyl carbamates (subject to hydrolysis) is 1. The summed E-state index contributed by atoms with van der Waals surface area (Å²) in [6, 6.07) is 1.54. The van der Waals surface area contributed by atoms with Gasteiger partial charge in [-0.2, -0.15) is 0 Å². The van der Waals surface area contributed by atoms with Crippen LogP contribution in [0.3, 0.4) is 0 Å². The van der Waals surface area contributed by atoms with Gasteiger partial charge < -0.3 is 15.4 Å². The van der Waals surface area contributed by atoms with Crippen LogP contribution in [0.1, 0.15) is 53.4 Å². The molecule has 0 spiro atoms. The van der Waals surface area contributed by atoms with Gasteiger partial charge in [-0.3, -0.25) is 4.90 Å². The number of ether oxygens (including phenoxy) is 1. The first-order chi connectivity index (χ1) is 9.85. The number of carbonyl (C=O) groups excluding carboxylic acids is 1. The summed E-state index contributed by atoms with van der Waals surface area (Å²) in [6.07, 6.45) is 4.90. The van der Waals surface area contributed by atoms with Gasteiger partial charge in [-0.15, -0.1) is 0 Å². The van der Waals surface area contributed by atoms with Crippen molar-refractivity contribution in [3.63, 3.8) is 0 Å². The van der Waals surface area contributed by atoms with Gasteiger partial charge in [0, 0.05) is 31.2 Å². The maximum absolute atomic E-state index is 11.7. The van der Waals surface area contributed by atoms with Gasteiger partial charge in [0.2, 0.25) is 0 Å². The van der Waals surface area contributed by atoms with E-state index >= 15 is 0 Å². The van der Waals surface area contributed by atoms with E-state index in [9.17, 15) is 4.79 Å². The van der Waals surface area contributed by atoms with E-state index in [2.05, 4.69) is 22.5 Å². The summed E-state index contributed by atoms with van der Waals surface area (Å²) in [5.74, 6) is 0. The Kier molecular flexibility index (Phi) is 5.49. The lowest BCUT2D eigenvalue weighted by molar-refractivity contribution is 0.0522. The Morgan fingerprint density at radius 1 is 1.29 bits per heavy atom. The second-order valence-corrected chi connectivity index (χ2v) is 7.44. The Morgan fingerprint density at radius 2 is 2.05 bits per heavy atom. The Balaban J connectivity index is 1.70. The van der Waals surface area contributed by atoms with Gasteiger partial charge in [-0.25, -0.2) is 4.79 Å². The van der Waals surface area contributed by atoms with Gasteiger partial charge in [-0.1, -0.05) is 6.42 Å². The second kappa shape index (κ2) is 6.97. The van der Waals surface area contributed by atoms with Gasteiger partial charge >= 0.3 is 6.09 Å². The Hall–Kier alpha value is -0.810. The van der Waals surface area contributed by atoms with Crippen LogP contribution in [0.25, 0.3) is 0 Å². The molecule has 0 aromatic heterocycles. The number of amides is 1. The van der Waals surface area contributed by atoms with Crippen LogP contribution in [0.5, 0.6) is 0 Å². The molecule has 0 saturated carbocycles. The third-order valence-electron chi connectivity index (χ3n) is 4.31. The predicted molar refractivity (Wildman–Crippen MR) is 84.5 cm³/mol.